The molecule has 1 rings (SSSR count). The van der Waals surface area contributed by atoms with E-state index in [-0.39, 0.29) is 5.43 Å². The molecule has 0 saturated heterocycles. The standard InChI is InChI=1S/C9H10BrNO/c1-7-5-11(6-8(2)10)4-3-9(7)12/h3-5H,2,6H2,1H3. The lowest BCUT2D eigenvalue weighted by atomic mass is 10.3. The van der Waals surface area contributed by atoms with Crippen LogP contribution in [0.15, 0.2) is 34.3 Å². The Kier molecular flexibility index (Phi) is 2.87. The van der Waals surface area contributed by atoms with Crippen LogP contribution in [-0.4, -0.2) is 4.57 Å². The van der Waals surface area contributed by atoms with Crippen molar-refractivity contribution in [2.75, 3.05) is 0 Å². The van der Waals surface area contributed by atoms with E-state index in [1.807, 2.05) is 10.8 Å². The molecular formula is C9H10BrNO. The first-order valence-electron chi connectivity index (χ1n) is 3.59. The van der Waals surface area contributed by atoms with Gasteiger partial charge >= 0.3 is 0 Å². The Labute approximate surface area is 79.7 Å². The normalized spacial score (nSPS) is 9.83. The Morgan fingerprint density at radius 3 is 2.92 bits per heavy atom. The molecule has 0 spiro atoms. The topological polar surface area (TPSA) is 22.0 Å². The molecule has 1 aromatic heterocycles. The molecule has 0 aliphatic carbocycles. The van der Waals surface area contributed by atoms with E-state index in [4.69, 9.17) is 0 Å². The lowest BCUT2D eigenvalue weighted by Crippen LogP contribution is -2.08. The summed E-state index contributed by atoms with van der Waals surface area (Å²) >= 11 is 3.26. The molecule has 0 aliphatic heterocycles. The van der Waals surface area contributed by atoms with Gasteiger partial charge in [0.2, 0.25) is 0 Å². The molecule has 0 fully saturated rings. The van der Waals surface area contributed by atoms with Gasteiger partial charge in [0.05, 0.1) is 6.54 Å². The van der Waals surface area contributed by atoms with Crippen LogP contribution < -0.4 is 5.43 Å². The molecule has 0 atom stereocenters. The first-order chi connectivity index (χ1) is 5.59. The largest absolute Gasteiger partial charge is 0.349 e. The van der Waals surface area contributed by atoms with Crippen molar-refractivity contribution in [1.29, 1.82) is 0 Å². The molecule has 2 nitrogen and oxygen atoms in total. The number of pyridine rings is 1. The van der Waals surface area contributed by atoms with Crippen LogP contribution >= 0.6 is 15.9 Å². The Morgan fingerprint density at radius 2 is 2.42 bits per heavy atom. The summed E-state index contributed by atoms with van der Waals surface area (Å²) in [4.78, 5) is 11.0. The highest BCUT2D eigenvalue weighted by Gasteiger charge is 1.94. The summed E-state index contributed by atoms with van der Waals surface area (Å²) in [6.07, 6.45) is 3.57. The van der Waals surface area contributed by atoms with Crippen LogP contribution in [0.2, 0.25) is 0 Å². The van der Waals surface area contributed by atoms with Crippen molar-refractivity contribution >= 4 is 15.9 Å². The highest BCUT2D eigenvalue weighted by atomic mass is 79.9. The summed E-state index contributed by atoms with van der Waals surface area (Å²) in [5.74, 6) is 0. The van der Waals surface area contributed by atoms with E-state index >= 15 is 0 Å². The van der Waals surface area contributed by atoms with E-state index in [1.54, 1.807) is 19.2 Å². The Balaban J connectivity index is 2.97. The summed E-state index contributed by atoms with van der Waals surface area (Å²) < 4.78 is 2.80. The van der Waals surface area contributed by atoms with Gasteiger partial charge in [0.1, 0.15) is 0 Å². The SMILES string of the molecule is C=C(Br)Cn1ccc(=O)c(C)c1. The Morgan fingerprint density at radius 1 is 1.75 bits per heavy atom. The van der Waals surface area contributed by atoms with Crippen molar-refractivity contribution in [2.45, 2.75) is 13.5 Å². The number of hydrogen-bond acceptors (Lipinski definition) is 1. The van der Waals surface area contributed by atoms with Gasteiger partial charge in [0.15, 0.2) is 5.43 Å². The van der Waals surface area contributed by atoms with Crippen molar-refractivity contribution in [3.8, 4) is 0 Å². The van der Waals surface area contributed by atoms with E-state index in [0.29, 0.717) is 6.54 Å². The number of aromatic nitrogens is 1. The molecule has 1 aromatic rings. The van der Waals surface area contributed by atoms with Crippen LogP contribution in [0.3, 0.4) is 0 Å². The molecule has 0 radical (unpaired) electrons. The Bertz CT molecular complexity index is 354. The summed E-state index contributed by atoms with van der Waals surface area (Å²) in [6.45, 7) is 6.22. The molecule has 3 heteroatoms. The summed E-state index contributed by atoms with van der Waals surface area (Å²) in [5, 5.41) is 0. The van der Waals surface area contributed by atoms with E-state index < -0.39 is 0 Å². The summed E-state index contributed by atoms with van der Waals surface area (Å²) in [6, 6.07) is 1.56. The predicted octanol–water partition coefficient (Wildman–Crippen LogP) is 2.07. The summed E-state index contributed by atoms with van der Waals surface area (Å²) in [5.41, 5.74) is 0.831. The third-order valence-corrected chi connectivity index (χ3v) is 1.77. The second-order valence-corrected chi connectivity index (χ2v) is 3.80. The highest BCUT2D eigenvalue weighted by molar-refractivity contribution is 9.11. The maximum Gasteiger partial charge on any atom is 0.184 e. The van der Waals surface area contributed by atoms with E-state index in [9.17, 15) is 4.79 Å². The number of nitrogens with zero attached hydrogens (tertiary/aromatic N) is 1. The van der Waals surface area contributed by atoms with Crippen LogP contribution in [0.1, 0.15) is 5.56 Å². The smallest absolute Gasteiger partial charge is 0.184 e. The maximum absolute atomic E-state index is 11.0. The fraction of sp³-hybridized carbons (Fsp3) is 0.222. The highest BCUT2D eigenvalue weighted by Crippen LogP contribution is 2.04. The molecule has 0 aromatic carbocycles. The number of halogens is 1. The first-order valence-corrected chi connectivity index (χ1v) is 4.39. The second-order valence-electron chi connectivity index (χ2n) is 2.68. The average Bonchev–Trinajstić information content (AvgIpc) is 1.96. The minimum Gasteiger partial charge on any atom is -0.349 e. The lowest BCUT2D eigenvalue weighted by Gasteiger charge is -2.04. The molecule has 0 N–H and O–H groups in total. The van der Waals surface area contributed by atoms with Crippen molar-refractivity contribution in [3.05, 3.63) is 45.3 Å². The maximum atomic E-state index is 11.0. The molecule has 0 amide bonds. The van der Waals surface area contributed by atoms with Gasteiger partial charge in [0.25, 0.3) is 0 Å². The minimum absolute atomic E-state index is 0.0754. The molecule has 64 valence electrons. The van der Waals surface area contributed by atoms with Crippen LogP contribution in [0.4, 0.5) is 0 Å². The zero-order valence-electron chi connectivity index (χ0n) is 6.88. The predicted molar refractivity (Wildman–Crippen MR) is 53.5 cm³/mol. The van der Waals surface area contributed by atoms with Gasteiger partial charge in [-0.05, 0) is 6.92 Å². The molecule has 0 unspecified atom stereocenters. The summed E-state index contributed by atoms with van der Waals surface area (Å²) in [7, 11) is 0. The zero-order chi connectivity index (χ0) is 9.14. The fourth-order valence-corrected chi connectivity index (χ4v) is 1.24. The average molecular weight is 228 g/mol. The van der Waals surface area contributed by atoms with Crippen molar-refractivity contribution in [2.24, 2.45) is 0 Å². The van der Waals surface area contributed by atoms with Gasteiger partial charge in [-0.15, -0.1) is 0 Å². The zero-order valence-corrected chi connectivity index (χ0v) is 8.47. The van der Waals surface area contributed by atoms with Crippen molar-refractivity contribution in [3.63, 3.8) is 0 Å². The third kappa shape index (κ3) is 2.34. The number of rotatable bonds is 2. The minimum atomic E-state index is 0.0754. The van der Waals surface area contributed by atoms with Crippen LogP contribution in [-0.2, 0) is 6.54 Å². The molecule has 0 aliphatic rings. The lowest BCUT2D eigenvalue weighted by molar-refractivity contribution is 0.799. The van der Waals surface area contributed by atoms with Crippen LogP contribution in [0.25, 0.3) is 0 Å². The van der Waals surface area contributed by atoms with E-state index in [2.05, 4.69) is 22.5 Å². The third-order valence-electron chi connectivity index (χ3n) is 1.52. The van der Waals surface area contributed by atoms with Gasteiger partial charge < -0.3 is 4.57 Å². The monoisotopic (exact) mass is 227 g/mol. The molecule has 1 heterocycles. The van der Waals surface area contributed by atoms with Crippen LogP contribution in [0, 0.1) is 6.92 Å². The number of allylic oxidation sites excluding steroid dienone is 1. The first kappa shape index (κ1) is 9.26. The van der Waals surface area contributed by atoms with Gasteiger partial charge in [-0.3, -0.25) is 4.79 Å². The van der Waals surface area contributed by atoms with Gasteiger partial charge in [-0.25, -0.2) is 0 Å². The number of hydrogen-bond donors (Lipinski definition) is 0. The van der Waals surface area contributed by atoms with Gasteiger partial charge in [0, 0.05) is 28.5 Å². The molecular weight excluding hydrogens is 218 g/mol. The van der Waals surface area contributed by atoms with Crippen molar-refractivity contribution < 1.29 is 0 Å². The van der Waals surface area contributed by atoms with E-state index in [0.717, 1.165) is 10.0 Å². The van der Waals surface area contributed by atoms with Gasteiger partial charge in [-0.1, -0.05) is 22.5 Å². The number of aryl methyl sites for hydroxylation is 1. The Hall–Kier alpha value is -0.830. The fourth-order valence-electron chi connectivity index (χ4n) is 0.947. The van der Waals surface area contributed by atoms with Crippen molar-refractivity contribution in [1.82, 2.24) is 4.57 Å². The molecule has 0 bridgehead atoms. The second kappa shape index (κ2) is 3.72. The molecule has 0 saturated carbocycles. The molecule has 12 heavy (non-hydrogen) atoms. The quantitative estimate of drug-likeness (QED) is 0.759. The van der Waals surface area contributed by atoms with Gasteiger partial charge in [-0.2, -0.15) is 0 Å². The van der Waals surface area contributed by atoms with Crippen LogP contribution in [0.5, 0.6) is 0 Å². The van der Waals surface area contributed by atoms with E-state index in [1.165, 1.54) is 0 Å².